The molecule has 0 aliphatic heterocycles. The number of hydrogen-bond donors (Lipinski definition) is 2. The standard InChI is InChI=1S/C15H26N2O2S/c1-10(2)7-6-8-17-20(18,19)15-12(4)9-11(3)14(16)13(15)5/h9-10,17H,6-8,16H2,1-5H3. The van der Waals surface area contributed by atoms with Gasteiger partial charge in [-0.2, -0.15) is 0 Å². The Labute approximate surface area is 122 Å². The Morgan fingerprint density at radius 1 is 1.20 bits per heavy atom. The second-order valence-electron chi connectivity index (χ2n) is 5.81. The summed E-state index contributed by atoms with van der Waals surface area (Å²) < 4.78 is 27.5. The van der Waals surface area contributed by atoms with Crippen LogP contribution in [0, 0.1) is 26.7 Å². The van der Waals surface area contributed by atoms with Crippen LogP contribution in [0.5, 0.6) is 0 Å². The Hall–Kier alpha value is -1.07. The molecule has 1 aromatic carbocycles. The number of nitrogens with two attached hydrogens (primary N) is 1. The zero-order valence-electron chi connectivity index (χ0n) is 13.1. The first kappa shape index (κ1) is 17.0. The maximum atomic E-state index is 12.4. The molecule has 5 heteroatoms. The highest BCUT2D eigenvalue weighted by molar-refractivity contribution is 7.89. The molecule has 4 nitrogen and oxygen atoms in total. The van der Waals surface area contributed by atoms with E-state index in [9.17, 15) is 8.42 Å². The fourth-order valence-electron chi connectivity index (χ4n) is 2.38. The molecule has 0 aromatic heterocycles. The van der Waals surface area contributed by atoms with Crippen LogP contribution in [0.2, 0.25) is 0 Å². The van der Waals surface area contributed by atoms with Crippen molar-refractivity contribution in [2.75, 3.05) is 12.3 Å². The molecular weight excluding hydrogens is 272 g/mol. The topological polar surface area (TPSA) is 72.2 Å². The predicted molar refractivity (Wildman–Crippen MR) is 84.3 cm³/mol. The van der Waals surface area contributed by atoms with Gasteiger partial charge in [0.2, 0.25) is 10.0 Å². The van der Waals surface area contributed by atoms with E-state index in [1.54, 1.807) is 6.92 Å². The van der Waals surface area contributed by atoms with Crippen LogP contribution in [0.4, 0.5) is 5.69 Å². The van der Waals surface area contributed by atoms with Crippen LogP contribution in [0.25, 0.3) is 0 Å². The first-order valence-electron chi connectivity index (χ1n) is 7.02. The molecule has 0 spiro atoms. The minimum absolute atomic E-state index is 0.324. The summed E-state index contributed by atoms with van der Waals surface area (Å²) in [6.45, 7) is 10.2. The second-order valence-corrected chi connectivity index (χ2v) is 7.52. The molecule has 20 heavy (non-hydrogen) atoms. The van der Waals surface area contributed by atoms with E-state index in [2.05, 4.69) is 18.6 Å². The van der Waals surface area contributed by atoms with Crippen molar-refractivity contribution in [3.63, 3.8) is 0 Å². The van der Waals surface area contributed by atoms with Gasteiger partial charge in [-0.25, -0.2) is 13.1 Å². The van der Waals surface area contributed by atoms with Gasteiger partial charge in [-0.1, -0.05) is 19.9 Å². The number of nitrogens with one attached hydrogen (secondary N) is 1. The average Bonchev–Trinajstić information content (AvgIpc) is 2.31. The molecular formula is C15H26N2O2S. The molecule has 1 rings (SSSR count). The molecule has 0 saturated heterocycles. The van der Waals surface area contributed by atoms with Gasteiger partial charge in [0.15, 0.2) is 0 Å². The van der Waals surface area contributed by atoms with E-state index >= 15 is 0 Å². The van der Waals surface area contributed by atoms with Gasteiger partial charge in [0.25, 0.3) is 0 Å². The Kier molecular flexibility index (Phi) is 5.59. The molecule has 0 amide bonds. The summed E-state index contributed by atoms with van der Waals surface area (Å²) in [5.74, 6) is 0.581. The maximum absolute atomic E-state index is 12.4. The molecule has 0 aliphatic rings. The van der Waals surface area contributed by atoms with Crippen LogP contribution < -0.4 is 10.5 Å². The molecule has 114 valence electrons. The van der Waals surface area contributed by atoms with Crippen LogP contribution in [-0.2, 0) is 10.0 Å². The van der Waals surface area contributed by atoms with Gasteiger partial charge in [-0.15, -0.1) is 0 Å². The Morgan fingerprint density at radius 2 is 1.80 bits per heavy atom. The summed E-state index contributed by atoms with van der Waals surface area (Å²) in [6, 6.07) is 1.82. The SMILES string of the molecule is Cc1cc(C)c(S(=O)(=O)NCCCC(C)C)c(C)c1N. The smallest absolute Gasteiger partial charge is 0.241 e. The summed E-state index contributed by atoms with van der Waals surface area (Å²) in [6.07, 6.45) is 1.85. The lowest BCUT2D eigenvalue weighted by Gasteiger charge is -2.15. The van der Waals surface area contributed by atoms with Crippen molar-refractivity contribution in [3.05, 3.63) is 22.8 Å². The minimum Gasteiger partial charge on any atom is -0.398 e. The fraction of sp³-hybridized carbons (Fsp3) is 0.600. The van der Waals surface area contributed by atoms with E-state index in [-0.39, 0.29) is 0 Å². The Bertz CT molecular complexity index is 578. The summed E-state index contributed by atoms with van der Waals surface area (Å²) in [4.78, 5) is 0.324. The lowest BCUT2D eigenvalue weighted by atomic mass is 10.1. The maximum Gasteiger partial charge on any atom is 0.241 e. The first-order chi connectivity index (χ1) is 9.16. The highest BCUT2D eigenvalue weighted by Crippen LogP contribution is 2.27. The fourth-order valence-corrected chi connectivity index (χ4v) is 3.94. The van der Waals surface area contributed by atoms with Gasteiger partial charge in [-0.3, -0.25) is 0 Å². The molecule has 0 unspecified atom stereocenters. The molecule has 0 saturated carbocycles. The highest BCUT2D eigenvalue weighted by Gasteiger charge is 2.21. The summed E-state index contributed by atoms with van der Waals surface area (Å²) in [5.41, 5.74) is 8.80. The van der Waals surface area contributed by atoms with Crippen molar-refractivity contribution in [2.45, 2.75) is 52.4 Å². The average molecular weight is 298 g/mol. The summed E-state index contributed by atoms with van der Waals surface area (Å²) in [5, 5.41) is 0. The summed E-state index contributed by atoms with van der Waals surface area (Å²) in [7, 11) is -3.49. The van der Waals surface area contributed by atoms with Crippen molar-refractivity contribution in [1.82, 2.24) is 4.72 Å². The van der Waals surface area contributed by atoms with E-state index in [4.69, 9.17) is 5.73 Å². The van der Waals surface area contributed by atoms with E-state index in [0.29, 0.717) is 28.6 Å². The molecule has 1 aromatic rings. The van der Waals surface area contributed by atoms with Gasteiger partial charge in [0.05, 0.1) is 4.90 Å². The van der Waals surface area contributed by atoms with E-state index in [0.717, 1.165) is 24.0 Å². The zero-order chi connectivity index (χ0) is 15.5. The number of nitrogen functional groups attached to an aromatic ring is 1. The molecule has 0 aliphatic carbocycles. The van der Waals surface area contributed by atoms with Crippen LogP contribution >= 0.6 is 0 Å². The van der Waals surface area contributed by atoms with Crippen molar-refractivity contribution >= 4 is 15.7 Å². The minimum atomic E-state index is -3.49. The highest BCUT2D eigenvalue weighted by atomic mass is 32.2. The molecule has 0 radical (unpaired) electrons. The Morgan fingerprint density at radius 3 is 2.35 bits per heavy atom. The third-order valence-corrected chi connectivity index (χ3v) is 5.23. The van der Waals surface area contributed by atoms with E-state index < -0.39 is 10.0 Å². The van der Waals surface area contributed by atoms with Crippen LogP contribution in [0.1, 0.15) is 43.4 Å². The lowest BCUT2D eigenvalue weighted by Crippen LogP contribution is -2.27. The molecule has 0 bridgehead atoms. The number of hydrogen-bond acceptors (Lipinski definition) is 3. The third kappa shape index (κ3) is 3.96. The number of anilines is 1. The molecule has 0 heterocycles. The van der Waals surface area contributed by atoms with Crippen molar-refractivity contribution in [1.29, 1.82) is 0 Å². The van der Waals surface area contributed by atoms with E-state index in [1.807, 2.05) is 19.9 Å². The van der Waals surface area contributed by atoms with Crippen LogP contribution in [0.3, 0.4) is 0 Å². The molecule has 0 atom stereocenters. The number of rotatable bonds is 6. The van der Waals surface area contributed by atoms with Gasteiger partial charge in [0.1, 0.15) is 0 Å². The van der Waals surface area contributed by atoms with Crippen molar-refractivity contribution in [2.24, 2.45) is 5.92 Å². The van der Waals surface area contributed by atoms with E-state index in [1.165, 1.54) is 0 Å². The quantitative estimate of drug-likeness (QED) is 0.626. The van der Waals surface area contributed by atoms with Crippen LogP contribution in [0.15, 0.2) is 11.0 Å². The van der Waals surface area contributed by atoms with Gasteiger partial charge < -0.3 is 5.73 Å². The van der Waals surface area contributed by atoms with Gasteiger partial charge in [-0.05, 0) is 56.2 Å². The number of sulfonamides is 1. The monoisotopic (exact) mass is 298 g/mol. The summed E-state index contributed by atoms with van der Waals surface area (Å²) >= 11 is 0. The van der Waals surface area contributed by atoms with Crippen molar-refractivity contribution in [3.8, 4) is 0 Å². The van der Waals surface area contributed by atoms with Gasteiger partial charge >= 0.3 is 0 Å². The Balaban J connectivity index is 2.96. The second kappa shape index (κ2) is 6.59. The predicted octanol–water partition coefficient (Wildman–Crippen LogP) is 2.91. The number of aryl methyl sites for hydroxylation is 2. The van der Waals surface area contributed by atoms with Gasteiger partial charge in [0, 0.05) is 12.2 Å². The lowest BCUT2D eigenvalue weighted by molar-refractivity contribution is 0.539. The molecule has 0 fully saturated rings. The largest absolute Gasteiger partial charge is 0.398 e. The zero-order valence-corrected chi connectivity index (χ0v) is 13.9. The van der Waals surface area contributed by atoms with Crippen LogP contribution in [-0.4, -0.2) is 15.0 Å². The van der Waals surface area contributed by atoms with Crippen molar-refractivity contribution < 1.29 is 8.42 Å². The molecule has 3 N–H and O–H groups in total. The first-order valence-corrected chi connectivity index (χ1v) is 8.51. The third-order valence-electron chi connectivity index (χ3n) is 3.48. The number of benzene rings is 1. The normalized spacial score (nSPS) is 12.1.